The molecule has 0 fully saturated rings. The quantitative estimate of drug-likeness (QED) is 0.792. The molecule has 1 aliphatic rings. The average Bonchev–Trinajstić information content (AvgIpc) is 3.01. The van der Waals surface area contributed by atoms with Gasteiger partial charge in [0.15, 0.2) is 0 Å². The second kappa shape index (κ2) is 4.20. The molecular formula is C14H16N2O2S. The van der Waals surface area contributed by atoms with E-state index in [4.69, 9.17) is 4.74 Å². The molecule has 0 spiro atoms. The van der Waals surface area contributed by atoms with Crippen LogP contribution in [0, 0.1) is 5.41 Å². The summed E-state index contributed by atoms with van der Waals surface area (Å²) < 4.78 is 6.79. The first-order valence-electron chi connectivity index (χ1n) is 6.21. The van der Waals surface area contributed by atoms with Crippen molar-refractivity contribution in [1.82, 2.24) is 9.55 Å². The number of imidazole rings is 1. The van der Waals surface area contributed by atoms with Gasteiger partial charge in [0.05, 0.1) is 25.7 Å². The fourth-order valence-electron chi connectivity index (χ4n) is 2.95. The number of hydrogen-bond donors (Lipinski definition) is 0. The van der Waals surface area contributed by atoms with Gasteiger partial charge in [0.1, 0.15) is 5.69 Å². The van der Waals surface area contributed by atoms with Crippen molar-refractivity contribution in [2.24, 2.45) is 5.41 Å². The van der Waals surface area contributed by atoms with Crippen LogP contribution >= 0.6 is 11.3 Å². The molecule has 0 aromatic carbocycles. The number of fused-ring (bicyclic) bond motifs is 1. The van der Waals surface area contributed by atoms with Crippen LogP contribution in [0.1, 0.15) is 40.8 Å². The Hall–Kier alpha value is -1.62. The van der Waals surface area contributed by atoms with E-state index in [0.29, 0.717) is 5.69 Å². The highest BCUT2D eigenvalue weighted by Gasteiger charge is 2.42. The number of esters is 1. The molecule has 19 heavy (non-hydrogen) atoms. The lowest BCUT2D eigenvalue weighted by atomic mass is 9.86. The van der Waals surface area contributed by atoms with E-state index >= 15 is 0 Å². The largest absolute Gasteiger partial charge is 0.464 e. The van der Waals surface area contributed by atoms with Crippen molar-refractivity contribution in [3.8, 4) is 0 Å². The Morgan fingerprint density at radius 3 is 3.11 bits per heavy atom. The minimum Gasteiger partial charge on any atom is -0.464 e. The molecule has 100 valence electrons. The van der Waals surface area contributed by atoms with E-state index in [1.54, 1.807) is 23.9 Å². The number of nitrogens with zero attached hydrogens (tertiary/aromatic N) is 2. The minimum atomic E-state index is -0.335. The molecule has 0 saturated heterocycles. The van der Waals surface area contributed by atoms with Crippen molar-refractivity contribution in [3.05, 3.63) is 40.1 Å². The molecule has 1 unspecified atom stereocenters. The van der Waals surface area contributed by atoms with Crippen LogP contribution in [0.3, 0.4) is 0 Å². The van der Waals surface area contributed by atoms with Gasteiger partial charge in [-0.3, -0.25) is 0 Å². The highest BCUT2D eigenvalue weighted by atomic mass is 32.1. The molecule has 0 radical (unpaired) electrons. The van der Waals surface area contributed by atoms with E-state index in [-0.39, 0.29) is 17.4 Å². The van der Waals surface area contributed by atoms with Crippen LogP contribution in [0.5, 0.6) is 0 Å². The van der Waals surface area contributed by atoms with E-state index in [9.17, 15) is 4.79 Å². The van der Waals surface area contributed by atoms with Gasteiger partial charge in [-0.25, -0.2) is 9.78 Å². The number of carbonyl (C=O) groups is 1. The molecule has 0 bridgehead atoms. The van der Waals surface area contributed by atoms with Crippen molar-refractivity contribution in [3.63, 3.8) is 0 Å². The topological polar surface area (TPSA) is 44.1 Å². The monoisotopic (exact) mass is 276 g/mol. The average molecular weight is 276 g/mol. The Kier molecular flexibility index (Phi) is 2.74. The summed E-state index contributed by atoms with van der Waals surface area (Å²) in [6.07, 6.45) is 4.33. The Morgan fingerprint density at radius 1 is 1.58 bits per heavy atom. The summed E-state index contributed by atoms with van der Waals surface area (Å²) in [6.45, 7) is 4.46. The highest BCUT2D eigenvalue weighted by molar-refractivity contribution is 7.10. The van der Waals surface area contributed by atoms with E-state index in [2.05, 4.69) is 30.3 Å². The second-order valence-corrected chi connectivity index (χ2v) is 6.50. The third-order valence-corrected chi connectivity index (χ3v) is 4.77. The molecule has 1 aliphatic carbocycles. The summed E-state index contributed by atoms with van der Waals surface area (Å²) in [4.78, 5) is 17.3. The Morgan fingerprint density at radius 2 is 2.37 bits per heavy atom. The maximum atomic E-state index is 11.8. The maximum Gasteiger partial charge on any atom is 0.356 e. The van der Waals surface area contributed by atoms with E-state index in [1.807, 2.05) is 4.57 Å². The zero-order valence-corrected chi connectivity index (χ0v) is 12.0. The summed E-state index contributed by atoms with van der Waals surface area (Å²) in [5, 5.41) is 2.11. The van der Waals surface area contributed by atoms with Crippen molar-refractivity contribution in [2.45, 2.75) is 26.3 Å². The number of hydrogen-bond acceptors (Lipinski definition) is 4. The van der Waals surface area contributed by atoms with Crippen LogP contribution in [-0.2, 0) is 11.2 Å². The van der Waals surface area contributed by atoms with Crippen molar-refractivity contribution >= 4 is 17.3 Å². The van der Waals surface area contributed by atoms with Crippen LogP contribution < -0.4 is 0 Å². The fraction of sp³-hybridized carbons (Fsp3) is 0.429. The summed E-state index contributed by atoms with van der Waals surface area (Å²) in [6, 6.07) is 2.33. The maximum absolute atomic E-state index is 11.8. The first-order chi connectivity index (χ1) is 9.04. The SMILES string of the molecule is COC(=O)c1cncn1C1c2sccc2CC1(C)C. The summed E-state index contributed by atoms with van der Waals surface area (Å²) in [5.74, 6) is -0.335. The lowest BCUT2D eigenvalue weighted by Crippen LogP contribution is -2.26. The minimum absolute atomic E-state index is 0.0753. The van der Waals surface area contributed by atoms with Gasteiger partial charge >= 0.3 is 5.97 Å². The lowest BCUT2D eigenvalue weighted by molar-refractivity contribution is 0.0583. The molecule has 2 heterocycles. The molecule has 0 aliphatic heterocycles. The molecule has 2 aromatic rings. The predicted octanol–water partition coefficient (Wildman–Crippen LogP) is 2.90. The van der Waals surface area contributed by atoms with Gasteiger partial charge in [0.25, 0.3) is 0 Å². The van der Waals surface area contributed by atoms with Crippen LogP contribution in [0.2, 0.25) is 0 Å². The van der Waals surface area contributed by atoms with Crippen LogP contribution in [-0.4, -0.2) is 22.6 Å². The van der Waals surface area contributed by atoms with Crippen molar-refractivity contribution in [2.75, 3.05) is 7.11 Å². The van der Waals surface area contributed by atoms with Crippen LogP contribution in [0.15, 0.2) is 24.0 Å². The Labute approximate surface area is 116 Å². The fourth-order valence-corrected chi connectivity index (χ4v) is 4.18. The smallest absolute Gasteiger partial charge is 0.356 e. The van der Waals surface area contributed by atoms with Crippen LogP contribution in [0.25, 0.3) is 0 Å². The normalized spacial score (nSPS) is 20.3. The first-order valence-corrected chi connectivity index (χ1v) is 7.09. The first kappa shape index (κ1) is 12.4. The molecule has 0 amide bonds. The highest BCUT2D eigenvalue weighted by Crippen LogP contribution is 2.50. The van der Waals surface area contributed by atoms with Gasteiger partial charge in [-0.15, -0.1) is 11.3 Å². The standard InChI is InChI=1S/C14H16N2O2S/c1-14(2)6-9-4-5-19-11(9)12(14)16-8-15-7-10(16)13(17)18-3/h4-5,7-8,12H,6H2,1-3H3. The number of aromatic nitrogens is 2. The van der Waals surface area contributed by atoms with Gasteiger partial charge < -0.3 is 9.30 Å². The number of ether oxygens (including phenoxy) is 1. The van der Waals surface area contributed by atoms with Gasteiger partial charge in [-0.05, 0) is 28.8 Å². The third-order valence-electron chi connectivity index (χ3n) is 3.75. The predicted molar refractivity (Wildman–Crippen MR) is 73.5 cm³/mol. The van der Waals surface area contributed by atoms with Crippen molar-refractivity contribution in [1.29, 1.82) is 0 Å². The molecule has 3 rings (SSSR count). The van der Waals surface area contributed by atoms with E-state index < -0.39 is 0 Å². The second-order valence-electron chi connectivity index (χ2n) is 5.56. The Balaban J connectivity index is 2.12. The Bertz CT molecular complexity index is 627. The zero-order chi connectivity index (χ0) is 13.6. The molecule has 1 atom stereocenters. The number of rotatable bonds is 2. The van der Waals surface area contributed by atoms with Crippen molar-refractivity contribution < 1.29 is 9.53 Å². The van der Waals surface area contributed by atoms with Gasteiger partial charge in [0, 0.05) is 4.88 Å². The van der Waals surface area contributed by atoms with E-state index in [0.717, 1.165) is 6.42 Å². The van der Waals surface area contributed by atoms with Gasteiger partial charge in [-0.1, -0.05) is 13.8 Å². The van der Waals surface area contributed by atoms with Gasteiger partial charge in [0.2, 0.25) is 0 Å². The number of methoxy groups -OCH3 is 1. The lowest BCUT2D eigenvalue weighted by Gasteiger charge is -2.29. The third kappa shape index (κ3) is 1.80. The summed E-state index contributed by atoms with van der Waals surface area (Å²) in [5.41, 5.74) is 1.97. The summed E-state index contributed by atoms with van der Waals surface area (Å²) >= 11 is 1.75. The molecular weight excluding hydrogens is 260 g/mol. The molecule has 5 heteroatoms. The van der Waals surface area contributed by atoms with Gasteiger partial charge in [-0.2, -0.15) is 0 Å². The molecule has 0 saturated carbocycles. The number of thiophene rings is 1. The number of carbonyl (C=O) groups excluding carboxylic acids is 1. The van der Waals surface area contributed by atoms with Crippen LogP contribution in [0.4, 0.5) is 0 Å². The summed E-state index contributed by atoms with van der Waals surface area (Å²) in [7, 11) is 1.40. The molecule has 2 aromatic heterocycles. The van der Waals surface area contributed by atoms with E-state index in [1.165, 1.54) is 17.6 Å². The zero-order valence-electron chi connectivity index (χ0n) is 11.2. The molecule has 4 nitrogen and oxygen atoms in total. The molecule has 0 N–H and O–H groups in total.